The van der Waals surface area contributed by atoms with E-state index in [9.17, 15) is 19.2 Å². The molecule has 1 aromatic carbocycles. The van der Waals surface area contributed by atoms with Crippen LogP contribution in [-0.2, 0) is 19.2 Å². The summed E-state index contributed by atoms with van der Waals surface area (Å²) < 4.78 is 0. The molecule has 0 bridgehead atoms. The summed E-state index contributed by atoms with van der Waals surface area (Å²) in [6.07, 6.45) is 2.73. The largest absolute Gasteiger partial charge is 0.324 e. The van der Waals surface area contributed by atoms with Gasteiger partial charge in [0, 0.05) is 37.2 Å². The third-order valence-corrected chi connectivity index (χ3v) is 4.56. The summed E-state index contributed by atoms with van der Waals surface area (Å²) >= 11 is 0. The lowest BCUT2D eigenvalue weighted by atomic mass is 10.1. The van der Waals surface area contributed by atoms with Gasteiger partial charge in [0.2, 0.25) is 23.6 Å². The number of anilines is 2. The van der Waals surface area contributed by atoms with Gasteiger partial charge in [-0.3, -0.25) is 24.1 Å². The Bertz CT molecular complexity index is 728. The van der Waals surface area contributed by atoms with Crippen molar-refractivity contribution in [1.29, 1.82) is 0 Å². The molecule has 2 fully saturated rings. The molecular weight excluding hydrogens is 322 g/mol. The minimum atomic E-state index is -0.427. The molecule has 2 saturated heterocycles. The summed E-state index contributed by atoms with van der Waals surface area (Å²) in [5.74, 6) is -0.971. The number of piperidine rings is 1. The van der Waals surface area contributed by atoms with Gasteiger partial charge in [0.1, 0.15) is 6.54 Å². The van der Waals surface area contributed by atoms with Crippen molar-refractivity contribution in [2.24, 2.45) is 0 Å². The van der Waals surface area contributed by atoms with Gasteiger partial charge in [-0.2, -0.15) is 0 Å². The smallest absolute Gasteiger partial charge is 0.244 e. The van der Waals surface area contributed by atoms with Crippen LogP contribution in [0.5, 0.6) is 0 Å². The first-order valence-corrected chi connectivity index (χ1v) is 8.50. The minimum Gasteiger partial charge on any atom is -0.324 e. The fourth-order valence-electron chi connectivity index (χ4n) is 3.18. The molecule has 1 N–H and O–H groups in total. The van der Waals surface area contributed by atoms with E-state index in [1.54, 1.807) is 17.0 Å². The monoisotopic (exact) mass is 343 g/mol. The maximum atomic E-state index is 12.2. The van der Waals surface area contributed by atoms with E-state index in [0.717, 1.165) is 29.0 Å². The van der Waals surface area contributed by atoms with E-state index in [-0.39, 0.29) is 37.1 Å². The number of nitrogens with zero attached hydrogens (tertiary/aromatic N) is 2. The zero-order valence-corrected chi connectivity index (χ0v) is 14.2. The highest BCUT2D eigenvalue weighted by molar-refractivity contribution is 6.06. The van der Waals surface area contributed by atoms with Crippen molar-refractivity contribution in [3.05, 3.63) is 23.8 Å². The fraction of sp³-hybridized carbons (Fsp3) is 0.444. The van der Waals surface area contributed by atoms with Gasteiger partial charge in [0.05, 0.1) is 0 Å². The van der Waals surface area contributed by atoms with Crippen LogP contribution in [0.15, 0.2) is 18.2 Å². The molecule has 7 nitrogen and oxygen atoms in total. The van der Waals surface area contributed by atoms with Gasteiger partial charge < -0.3 is 10.2 Å². The van der Waals surface area contributed by atoms with Crippen molar-refractivity contribution in [2.75, 3.05) is 23.3 Å². The number of hydrogen-bond acceptors (Lipinski definition) is 4. The normalized spacial score (nSPS) is 18.0. The Balaban J connectivity index is 1.71. The lowest BCUT2D eigenvalue weighted by Crippen LogP contribution is -2.37. The number of carbonyl (C=O) groups excluding carboxylic acids is 4. The summed E-state index contributed by atoms with van der Waals surface area (Å²) in [6.45, 7) is 2.32. The van der Waals surface area contributed by atoms with E-state index >= 15 is 0 Å². The molecule has 0 aliphatic carbocycles. The first-order valence-electron chi connectivity index (χ1n) is 8.50. The minimum absolute atomic E-state index is 0.0890. The van der Waals surface area contributed by atoms with Crippen LogP contribution in [0.3, 0.4) is 0 Å². The summed E-state index contributed by atoms with van der Waals surface area (Å²) in [6, 6.07) is 5.36. The van der Waals surface area contributed by atoms with Gasteiger partial charge in [0.25, 0.3) is 0 Å². The van der Waals surface area contributed by atoms with Gasteiger partial charge >= 0.3 is 0 Å². The number of benzene rings is 1. The summed E-state index contributed by atoms with van der Waals surface area (Å²) in [5, 5.41) is 2.71. The summed E-state index contributed by atoms with van der Waals surface area (Å²) in [7, 11) is 0. The van der Waals surface area contributed by atoms with Gasteiger partial charge in [0.15, 0.2) is 0 Å². The number of nitrogens with one attached hydrogen (secondary N) is 1. The molecule has 0 unspecified atom stereocenters. The lowest BCUT2D eigenvalue weighted by molar-refractivity contribution is -0.141. The molecule has 2 aliphatic rings. The molecule has 7 heteroatoms. The third kappa shape index (κ3) is 3.70. The van der Waals surface area contributed by atoms with E-state index in [4.69, 9.17) is 0 Å². The molecule has 2 aliphatic heterocycles. The molecule has 0 spiro atoms. The van der Waals surface area contributed by atoms with E-state index in [1.807, 2.05) is 13.0 Å². The fourth-order valence-corrected chi connectivity index (χ4v) is 3.18. The Morgan fingerprint density at radius 3 is 2.44 bits per heavy atom. The highest BCUT2D eigenvalue weighted by Crippen LogP contribution is 2.27. The number of imide groups is 1. The van der Waals surface area contributed by atoms with E-state index in [0.29, 0.717) is 18.7 Å². The quantitative estimate of drug-likeness (QED) is 0.841. The molecule has 4 amide bonds. The Kier molecular flexibility index (Phi) is 4.83. The third-order valence-electron chi connectivity index (χ3n) is 4.56. The Morgan fingerprint density at radius 1 is 1.04 bits per heavy atom. The van der Waals surface area contributed by atoms with E-state index in [2.05, 4.69) is 5.32 Å². The standard InChI is InChI=1S/C18H21N3O4/c1-12-5-6-13(10-14(12)20-9-3-2-4-16(20)23)19-15(22)11-21-17(24)7-8-18(21)25/h5-6,10H,2-4,7-9,11H2,1H3,(H,19,22). The van der Waals surface area contributed by atoms with Crippen molar-refractivity contribution in [3.63, 3.8) is 0 Å². The van der Waals surface area contributed by atoms with Crippen LogP contribution in [-0.4, -0.2) is 41.6 Å². The average molecular weight is 343 g/mol. The summed E-state index contributed by atoms with van der Waals surface area (Å²) in [4.78, 5) is 50.2. The van der Waals surface area contributed by atoms with Crippen molar-refractivity contribution in [3.8, 4) is 0 Å². The molecule has 3 rings (SSSR count). The SMILES string of the molecule is Cc1ccc(NC(=O)CN2C(=O)CCC2=O)cc1N1CCCCC1=O. The maximum Gasteiger partial charge on any atom is 0.244 e. The molecule has 0 atom stereocenters. The molecule has 0 radical (unpaired) electrons. The van der Waals surface area contributed by atoms with Crippen LogP contribution in [0, 0.1) is 6.92 Å². The molecule has 1 aromatic rings. The Hall–Kier alpha value is -2.70. The zero-order chi connectivity index (χ0) is 18.0. The van der Waals surface area contributed by atoms with E-state index in [1.165, 1.54) is 0 Å². The zero-order valence-electron chi connectivity index (χ0n) is 14.2. The van der Waals surface area contributed by atoms with Crippen LogP contribution < -0.4 is 10.2 Å². The number of carbonyl (C=O) groups is 4. The van der Waals surface area contributed by atoms with Gasteiger partial charge in [-0.25, -0.2) is 0 Å². The number of rotatable bonds is 4. The average Bonchev–Trinajstić information content (AvgIpc) is 2.89. The molecule has 0 saturated carbocycles. The molecule has 2 heterocycles. The van der Waals surface area contributed by atoms with Crippen molar-refractivity contribution >= 4 is 35.0 Å². The maximum absolute atomic E-state index is 12.2. The second-order valence-electron chi connectivity index (χ2n) is 6.43. The van der Waals surface area contributed by atoms with Crippen molar-refractivity contribution < 1.29 is 19.2 Å². The van der Waals surface area contributed by atoms with Crippen LogP contribution in [0.4, 0.5) is 11.4 Å². The first-order chi connectivity index (χ1) is 12.0. The topological polar surface area (TPSA) is 86.8 Å². The van der Waals surface area contributed by atoms with Gasteiger partial charge in [-0.1, -0.05) is 6.07 Å². The molecule has 132 valence electrons. The van der Waals surface area contributed by atoms with Crippen LogP contribution in [0.25, 0.3) is 0 Å². The number of hydrogen-bond donors (Lipinski definition) is 1. The van der Waals surface area contributed by atoms with Crippen LogP contribution >= 0.6 is 0 Å². The number of likely N-dealkylation sites (tertiary alicyclic amines) is 1. The van der Waals surface area contributed by atoms with Gasteiger partial charge in [-0.05, 0) is 37.5 Å². The summed E-state index contributed by atoms with van der Waals surface area (Å²) in [5.41, 5.74) is 2.29. The van der Waals surface area contributed by atoms with Gasteiger partial charge in [-0.15, -0.1) is 0 Å². The van der Waals surface area contributed by atoms with Crippen LogP contribution in [0.2, 0.25) is 0 Å². The second-order valence-corrected chi connectivity index (χ2v) is 6.43. The molecule has 25 heavy (non-hydrogen) atoms. The van der Waals surface area contributed by atoms with Crippen molar-refractivity contribution in [1.82, 2.24) is 4.90 Å². The highest BCUT2D eigenvalue weighted by Gasteiger charge is 2.30. The highest BCUT2D eigenvalue weighted by atomic mass is 16.2. The van der Waals surface area contributed by atoms with E-state index < -0.39 is 5.91 Å². The second kappa shape index (κ2) is 7.04. The number of aryl methyl sites for hydroxylation is 1. The Labute approximate surface area is 146 Å². The predicted octanol–water partition coefficient (Wildman–Crippen LogP) is 1.60. The predicted molar refractivity (Wildman–Crippen MR) is 92.0 cm³/mol. The van der Waals surface area contributed by atoms with Crippen molar-refractivity contribution in [2.45, 2.75) is 39.0 Å². The lowest BCUT2D eigenvalue weighted by Gasteiger charge is -2.28. The van der Waals surface area contributed by atoms with Crippen LogP contribution in [0.1, 0.15) is 37.7 Å². The number of amides is 4. The molecule has 0 aromatic heterocycles. The first kappa shape index (κ1) is 17.1. The molecular formula is C18H21N3O4. The Morgan fingerprint density at radius 2 is 1.76 bits per heavy atom.